The average Bonchev–Trinajstić information content (AvgIpc) is 2.94. The molecule has 2 heterocycles. The molecule has 1 atom stereocenters. The summed E-state index contributed by atoms with van der Waals surface area (Å²) in [6, 6.07) is 9.55. The maximum Gasteiger partial charge on any atom is 0.406 e. The highest BCUT2D eigenvalue weighted by molar-refractivity contribution is 6.01. The van der Waals surface area contributed by atoms with E-state index in [9.17, 15) is 18.0 Å². The van der Waals surface area contributed by atoms with Crippen LogP contribution in [0.4, 0.5) is 18.9 Å². The number of carbonyl (C=O) groups is 1. The number of para-hydroxylation sites is 1. The summed E-state index contributed by atoms with van der Waals surface area (Å²) in [6.45, 7) is -1.35. The zero-order valence-electron chi connectivity index (χ0n) is 10.7. The van der Waals surface area contributed by atoms with Gasteiger partial charge in [0.1, 0.15) is 12.3 Å². The lowest BCUT2D eigenvalue weighted by Gasteiger charge is -2.37. The molecule has 0 radical (unpaired) electrons. The number of hydrogen-bond acceptors (Lipinski definition) is 3. The molecule has 1 N–H and O–H groups in total. The van der Waals surface area contributed by atoms with E-state index in [0.717, 1.165) is 4.90 Å². The molecular weight excluding hydrogens is 285 g/mol. The second-order valence-corrected chi connectivity index (χ2v) is 4.66. The molecule has 2 aromatic rings. The van der Waals surface area contributed by atoms with Crippen LogP contribution in [0, 0.1) is 0 Å². The van der Waals surface area contributed by atoms with Gasteiger partial charge in [0.2, 0.25) is 0 Å². The van der Waals surface area contributed by atoms with E-state index < -0.39 is 24.8 Å². The molecular formula is C14H11F3N2O2. The lowest BCUT2D eigenvalue weighted by atomic mass is 10.1. The molecule has 110 valence electrons. The van der Waals surface area contributed by atoms with Crippen molar-refractivity contribution in [2.45, 2.75) is 12.3 Å². The van der Waals surface area contributed by atoms with E-state index >= 15 is 0 Å². The van der Waals surface area contributed by atoms with Crippen LogP contribution in [-0.4, -0.2) is 23.5 Å². The highest BCUT2D eigenvalue weighted by Gasteiger charge is 2.41. The Hall–Kier alpha value is -2.44. The second kappa shape index (κ2) is 4.83. The normalized spacial score (nSPS) is 18.3. The summed E-state index contributed by atoms with van der Waals surface area (Å²) < 4.78 is 43.4. The van der Waals surface area contributed by atoms with Crippen LogP contribution in [0.25, 0.3) is 0 Å². The van der Waals surface area contributed by atoms with Crippen molar-refractivity contribution in [3.63, 3.8) is 0 Å². The molecule has 0 unspecified atom stereocenters. The van der Waals surface area contributed by atoms with Crippen molar-refractivity contribution in [3.8, 4) is 0 Å². The first-order valence-electron chi connectivity index (χ1n) is 6.22. The molecule has 1 aromatic heterocycles. The number of alkyl halides is 3. The maximum atomic E-state index is 12.8. The summed E-state index contributed by atoms with van der Waals surface area (Å²) in [7, 11) is 0. The number of carbonyl (C=O) groups excluding carboxylic acids is 1. The maximum absolute atomic E-state index is 12.8. The van der Waals surface area contributed by atoms with Crippen LogP contribution in [0.3, 0.4) is 0 Å². The van der Waals surface area contributed by atoms with Crippen LogP contribution in [0.15, 0.2) is 47.1 Å². The fraction of sp³-hybridized carbons (Fsp3) is 0.214. The predicted molar refractivity (Wildman–Crippen MR) is 68.6 cm³/mol. The van der Waals surface area contributed by atoms with Crippen molar-refractivity contribution in [1.29, 1.82) is 0 Å². The van der Waals surface area contributed by atoms with E-state index in [2.05, 4.69) is 5.32 Å². The first kappa shape index (κ1) is 13.5. The van der Waals surface area contributed by atoms with E-state index in [1.54, 1.807) is 24.3 Å². The van der Waals surface area contributed by atoms with Crippen LogP contribution in [0.2, 0.25) is 0 Å². The zero-order valence-corrected chi connectivity index (χ0v) is 10.7. The van der Waals surface area contributed by atoms with E-state index in [-0.39, 0.29) is 11.3 Å². The molecule has 0 spiro atoms. The molecule has 0 aliphatic carbocycles. The fourth-order valence-electron chi connectivity index (χ4n) is 2.32. The molecule has 3 rings (SSSR count). The summed E-state index contributed by atoms with van der Waals surface area (Å²) in [6.07, 6.45) is -4.12. The van der Waals surface area contributed by atoms with Gasteiger partial charge in [-0.15, -0.1) is 0 Å². The smallest absolute Gasteiger partial charge is 0.406 e. The first-order valence-corrected chi connectivity index (χ1v) is 6.22. The number of halogens is 3. The van der Waals surface area contributed by atoms with Gasteiger partial charge in [-0.2, -0.15) is 13.2 Å². The van der Waals surface area contributed by atoms with E-state index in [1.165, 1.54) is 18.4 Å². The number of benzene rings is 1. The molecule has 4 nitrogen and oxygen atoms in total. The molecule has 1 aromatic carbocycles. The third-order valence-corrected chi connectivity index (χ3v) is 3.18. The molecule has 0 fully saturated rings. The topological polar surface area (TPSA) is 45.5 Å². The Morgan fingerprint density at radius 3 is 2.62 bits per heavy atom. The van der Waals surface area contributed by atoms with Crippen molar-refractivity contribution < 1.29 is 22.4 Å². The number of anilines is 1. The van der Waals surface area contributed by atoms with Gasteiger partial charge in [0.05, 0.1) is 11.8 Å². The fourth-order valence-corrected chi connectivity index (χ4v) is 2.32. The molecule has 1 aliphatic heterocycles. The Kier molecular flexibility index (Phi) is 3.12. The second-order valence-electron chi connectivity index (χ2n) is 4.66. The number of amides is 1. The van der Waals surface area contributed by atoms with Crippen molar-refractivity contribution >= 4 is 11.6 Å². The first-order chi connectivity index (χ1) is 9.96. The van der Waals surface area contributed by atoms with Crippen molar-refractivity contribution in [1.82, 2.24) is 4.90 Å². The summed E-state index contributed by atoms with van der Waals surface area (Å²) in [5, 5.41) is 2.91. The largest absolute Gasteiger partial charge is 0.465 e. The van der Waals surface area contributed by atoms with Gasteiger partial charge in [-0.1, -0.05) is 12.1 Å². The molecule has 21 heavy (non-hydrogen) atoms. The quantitative estimate of drug-likeness (QED) is 0.923. The zero-order chi connectivity index (χ0) is 15.0. The number of nitrogens with one attached hydrogen (secondary N) is 1. The van der Waals surface area contributed by atoms with Crippen LogP contribution >= 0.6 is 0 Å². The number of rotatable bonds is 2. The molecule has 0 saturated carbocycles. The van der Waals surface area contributed by atoms with Gasteiger partial charge in [-0.3, -0.25) is 4.79 Å². The summed E-state index contributed by atoms with van der Waals surface area (Å²) >= 11 is 0. The number of hydrogen-bond donors (Lipinski definition) is 1. The van der Waals surface area contributed by atoms with E-state index in [1.807, 2.05) is 0 Å². The van der Waals surface area contributed by atoms with E-state index in [0.29, 0.717) is 5.69 Å². The van der Waals surface area contributed by atoms with Gasteiger partial charge in [0, 0.05) is 5.69 Å². The Balaban J connectivity index is 2.03. The minimum atomic E-state index is -4.49. The third kappa shape index (κ3) is 2.58. The van der Waals surface area contributed by atoms with E-state index in [4.69, 9.17) is 4.42 Å². The third-order valence-electron chi connectivity index (χ3n) is 3.18. The molecule has 0 bridgehead atoms. The summed E-state index contributed by atoms with van der Waals surface area (Å²) in [5.41, 5.74) is 0.701. The summed E-state index contributed by atoms with van der Waals surface area (Å²) in [5.74, 6) is -0.426. The Bertz CT molecular complexity index is 652. The Morgan fingerprint density at radius 2 is 1.95 bits per heavy atom. The van der Waals surface area contributed by atoms with Crippen molar-refractivity contribution in [2.75, 3.05) is 11.9 Å². The van der Waals surface area contributed by atoms with Gasteiger partial charge in [-0.05, 0) is 24.3 Å². The Morgan fingerprint density at radius 1 is 1.19 bits per heavy atom. The van der Waals surface area contributed by atoms with Gasteiger partial charge in [0.25, 0.3) is 5.91 Å². The van der Waals surface area contributed by atoms with Crippen molar-refractivity contribution in [2.24, 2.45) is 0 Å². The highest BCUT2D eigenvalue weighted by atomic mass is 19.4. The standard InChI is InChI=1S/C14H11F3N2O2/c15-14(16,17)8-19-12(11-6-3-7-21-11)18-10-5-2-1-4-9(10)13(19)20/h1-7,12,18H,8H2/t12-/m0/s1. The highest BCUT2D eigenvalue weighted by Crippen LogP contribution is 2.35. The van der Waals surface area contributed by atoms with Crippen LogP contribution in [0.1, 0.15) is 22.3 Å². The van der Waals surface area contributed by atoms with Gasteiger partial charge >= 0.3 is 6.18 Å². The monoisotopic (exact) mass is 296 g/mol. The predicted octanol–water partition coefficient (Wildman–Crippen LogP) is 3.41. The minimum Gasteiger partial charge on any atom is -0.465 e. The molecule has 7 heteroatoms. The lowest BCUT2D eigenvalue weighted by Crippen LogP contribution is -2.47. The van der Waals surface area contributed by atoms with Gasteiger partial charge < -0.3 is 14.6 Å². The SMILES string of the molecule is O=C1c2ccccc2N[C@H](c2ccco2)N1CC(F)(F)F. The van der Waals surface area contributed by atoms with Gasteiger partial charge in [-0.25, -0.2) is 0 Å². The summed E-state index contributed by atoms with van der Waals surface area (Å²) in [4.78, 5) is 13.1. The number of nitrogens with zero attached hydrogens (tertiary/aromatic N) is 1. The van der Waals surface area contributed by atoms with Crippen LogP contribution in [-0.2, 0) is 0 Å². The molecule has 1 amide bonds. The van der Waals surface area contributed by atoms with Crippen molar-refractivity contribution in [3.05, 3.63) is 54.0 Å². The van der Waals surface area contributed by atoms with Gasteiger partial charge in [0.15, 0.2) is 6.17 Å². The van der Waals surface area contributed by atoms with Crippen LogP contribution < -0.4 is 5.32 Å². The number of furan rings is 1. The Labute approximate surface area is 118 Å². The average molecular weight is 296 g/mol. The lowest BCUT2D eigenvalue weighted by molar-refractivity contribution is -0.144. The molecule has 0 saturated heterocycles. The van der Waals surface area contributed by atoms with Crippen LogP contribution in [0.5, 0.6) is 0 Å². The number of fused-ring (bicyclic) bond motifs is 1. The minimum absolute atomic E-state index is 0.213. The molecule has 1 aliphatic rings.